The second kappa shape index (κ2) is 8.76. The van der Waals surface area contributed by atoms with E-state index in [9.17, 15) is 0 Å². The first-order valence-corrected chi connectivity index (χ1v) is 10.3. The van der Waals surface area contributed by atoms with E-state index in [4.69, 9.17) is 26.4 Å². The maximum Gasteiger partial charge on any atom is 0.264 e. The normalized spacial score (nSPS) is 17.4. The van der Waals surface area contributed by atoms with E-state index in [1.54, 1.807) is 12.0 Å². The van der Waals surface area contributed by atoms with Crippen LogP contribution in [0.25, 0.3) is 0 Å². The van der Waals surface area contributed by atoms with Gasteiger partial charge in [-0.1, -0.05) is 48.5 Å². The van der Waals surface area contributed by atoms with Crippen LogP contribution in [-0.4, -0.2) is 37.9 Å². The number of methoxy groups -OCH3 is 1. The molecule has 0 unspecified atom stereocenters. The minimum absolute atomic E-state index is 0.164. The molecule has 30 heavy (non-hydrogen) atoms. The fourth-order valence-corrected chi connectivity index (χ4v) is 3.95. The maximum absolute atomic E-state index is 6.16. The van der Waals surface area contributed by atoms with Crippen LogP contribution in [0.15, 0.2) is 72.8 Å². The van der Waals surface area contributed by atoms with Crippen molar-refractivity contribution in [2.24, 2.45) is 0 Å². The lowest BCUT2D eigenvalue weighted by Gasteiger charge is -2.34. The summed E-state index contributed by atoms with van der Waals surface area (Å²) in [5.74, 6) is 2.78. The first kappa shape index (κ1) is 20.2. The molecule has 0 aromatic heterocycles. The van der Waals surface area contributed by atoms with Crippen molar-refractivity contribution in [2.75, 3.05) is 27.8 Å². The molecule has 154 valence electrons. The minimum Gasteiger partial charge on any atom is -0.497 e. The average molecular weight is 420 g/mol. The van der Waals surface area contributed by atoms with Gasteiger partial charge in [0.25, 0.3) is 5.17 Å². The highest BCUT2D eigenvalue weighted by molar-refractivity contribution is 7.80. The van der Waals surface area contributed by atoms with Gasteiger partial charge < -0.3 is 19.1 Å². The summed E-state index contributed by atoms with van der Waals surface area (Å²) >= 11 is 5.25. The third-order valence-corrected chi connectivity index (χ3v) is 5.86. The van der Waals surface area contributed by atoms with Crippen LogP contribution in [0.2, 0.25) is 0 Å². The molecule has 0 bridgehead atoms. The molecule has 1 aliphatic rings. The molecule has 0 saturated carbocycles. The minimum atomic E-state index is 0.164. The van der Waals surface area contributed by atoms with Crippen LogP contribution in [0.4, 0.5) is 0 Å². The summed E-state index contributed by atoms with van der Waals surface area (Å²) in [6.07, 6.45) is 0. The van der Waals surface area contributed by atoms with Gasteiger partial charge in [-0.05, 0) is 41.5 Å². The molecule has 0 radical (unpaired) electrons. The summed E-state index contributed by atoms with van der Waals surface area (Å²) in [4.78, 5) is 1.77. The highest BCUT2D eigenvalue weighted by Gasteiger charge is 2.33. The van der Waals surface area contributed by atoms with Crippen molar-refractivity contribution in [2.45, 2.75) is 11.8 Å². The lowest BCUT2D eigenvalue weighted by atomic mass is 9.76. The van der Waals surface area contributed by atoms with Crippen molar-refractivity contribution in [3.8, 4) is 17.2 Å². The molecular weight excluding hydrogens is 394 g/mol. The van der Waals surface area contributed by atoms with Gasteiger partial charge in [0.1, 0.15) is 17.2 Å². The Morgan fingerprint density at radius 1 is 0.933 bits per heavy atom. The number of ether oxygens (including phenoxy) is 3. The summed E-state index contributed by atoms with van der Waals surface area (Å²) in [6, 6.07) is 24.8. The number of nitrogens with zero attached hydrogens (tertiary/aromatic N) is 1. The Labute approximate surface area is 183 Å². The Hall–Kier alpha value is -3.05. The molecule has 3 aromatic carbocycles. The van der Waals surface area contributed by atoms with Crippen molar-refractivity contribution in [1.29, 1.82) is 0 Å². The fraction of sp³-hybridized carbons (Fsp3) is 0.240. The van der Waals surface area contributed by atoms with Gasteiger partial charge in [-0.2, -0.15) is 0 Å². The van der Waals surface area contributed by atoms with Crippen LogP contribution in [0.1, 0.15) is 28.5 Å². The van der Waals surface area contributed by atoms with E-state index in [1.807, 2.05) is 44.4 Å². The molecule has 4 nitrogen and oxygen atoms in total. The van der Waals surface area contributed by atoms with Crippen molar-refractivity contribution >= 4 is 17.4 Å². The number of fused-ring (bicyclic) bond motifs is 1. The molecular formula is C25H25NO3S. The molecule has 0 spiro atoms. The van der Waals surface area contributed by atoms with E-state index in [2.05, 4.69) is 42.5 Å². The van der Waals surface area contributed by atoms with Gasteiger partial charge in [0, 0.05) is 37.6 Å². The number of hydrogen-bond donors (Lipinski definition) is 0. The molecule has 3 aromatic rings. The zero-order valence-electron chi connectivity index (χ0n) is 17.4. The Morgan fingerprint density at radius 2 is 1.63 bits per heavy atom. The first-order valence-electron chi connectivity index (χ1n) is 9.91. The quantitative estimate of drug-likeness (QED) is 0.541. The van der Waals surface area contributed by atoms with Crippen LogP contribution >= 0.6 is 12.2 Å². The summed E-state index contributed by atoms with van der Waals surface area (Å²) in [7, 11) is 5.41. The van der Waals surface area contributed by atoms with E-state index in [-0.39, 0.29) is 11.8 Å². The molecule has 5 heteroatoms. The predicted molar refractivity (Wildman–Crippen MR) is 123 cm³/mol. The Balaban J connectivity index is 1.72. The predicted octanol–water partition coefficient (Wildman–Crippen LogP) is 5.23. The van der Waals surface area contributed by atoms with Gasteiger partial charge in [-0.15, -0.1) is 0 Å². The average Bonchev–Trinajstić information content (AvgIpc) is 2.79. The highest BCUT2D eigenvalue weighted by atomic mass is 32.1. The molecule has 0 fully saturated rings. The van der Waals surface area contributed by atoms with Gasteiger partial charge in [-0.3, -0.25) is 0 Å². The molecule has 1 aliphatic heterocycles. The molecule has 0 N–H and O–H groups in total. The zero-order valence-corrected chi connectivity index (χ0v) is 18.2. The van der Waals surface area contributed by atoms with Crippen molar-refractivity contribution in [3.05, 3.63) is 89.5 Å². The third kappa shape index (κ3) is 4.12. The number of hydrogen-bond acceptors (Lipinski definition) is 4. The highest BCUT2D eigenvalue weighted by Crippen LogP contribution is 2.47. The smallest absolute Gasteiger partial charge is 0.264 e. The lowest BCUT2D eigenvalue weighted by molar-refractivity contribution is 0.247. The standard InChI is InChI=1S/C25H25NO3S/c1-26(2)25(30)29-19-11-9-18(10-12-19)24-21-14-13-20(27-3)15-23(21)28-16-22(24)17-7-5-4-6-8-17/h4-15,22,24H,16H2,1-3H3/t22-,24-/m0/s1. The van der Waals surface area contributed by atoms with Crippen molar-refractivity contribution in [1.82, 2.24) is 4.90 Å². The van der Waals surface area contributed by atoms with Crippen LogP contribution in [0, 0.1) is 0 Å². The van der Waals surface area contributed by atoms with Crippen LogP contribution < -0.4 is 14.2 Å². The molecule has 1 heterocycles. The molecule has 0 amide bonds. The second-order valence-corrected chi connectivity index (χ2v) is 7.89. The molecule has 0 saturated heterocycles. The van der Waals surface area contributed by atoms with Gasteiger partial charge in [0.05, 0.1) is 13.7 Å². The second-order valence-electron chi connectivity index (χ2n) is 7.54. The van der Waals surface area contributed by atoms with Gasteiger partial charge in [-0.25, -0.2) is 0 Å². The van der Waals surface area contributed by atoms with Gasteiger partial charge in [0.15, 0.2) is 0 Å². The Kier molecular flexibility index (Phi) is 5.91. The van der Waals surface area contributed by atoms with E-state index >= 15 is 0 Å². The first-order chi connectivity index (χ1) is 14.6. The fourth-order valence-electron chi connectivity index (χ4n) is 3.85. The molecule has 4 rings (SSSR count). The summed E-state index contributed by atoms with van der Waals surface area (Å²) < 4.78 is 17.3. The summed E-state index contributed by atoms with van der Waals surface area (Å²) in [6.45, 7) is 0.609. The zero-order chi connectivity index (χ0) is 21.1. The SMILES string of the molecule is COc1ccc2c(c1)OC[C@@H](c1ccccc1)[C@H]2c1ccc(OC(=S)N(C)C)cc1. The van der Waals surface area contributed by atoms with E-state index in [0.717, 1.165) is 22.8 Å². The Morgan fingerprint density at radius 3 is 2.30 bits per heavy atom. The molecule has 2 atom stereocenters. The van der Waals surface area contributed by atoms with E-state index < -0.39 is 0 Å². The lowest BCUT2D eigenvalue weighted by Crippen LogP contribution is -2.26. The van der Waals surface area contributed by atoms with Gasteiger partial charge >= 0.3 is 0 Å². The van der Waals surface area contributed by atoms with Crippen LogP contribution in [-0.2, 0) is 0 Å². The number of rotatable bonds is 4. The number of benzene rings is 3. The third-order valence-electron chi connectivity index (χ3n) is 5.41. The Bertz CT molecular complexity index is 1020. The summed E-state index contributed by atoms with van der Waals surface area (Å²) in [5, 5.41) is 0.438. The largest absolute Gasteiger partial charge is 0.497 e. The van der Waals surface area contributed by atoms with E-state index in [0.29, 0.717) is 11.8 Å². The topological polar surface area (TPSA) is 30.9 Å². The van der Waals surface area contributed by atoms with Crippen LogP contribution in [0.3, 0.4) is 0 Å². The van der Waals surface area contributed by atoms with Crippen molar-refractivity contribution < 1.29 is 14.2 Å². The summed E-state index contributed by atoms with van der Waals surface area (Å²) in [5.41, 5.74) is 3.63. The monoisotopic (exact) mass is 419 g/mol. The number of thiocarbonyl (C=S) groups is 1. The van der Waals surface area contributed by atoms with Gasteiger partial charge in [0.2, 0.25) is 0 Å². The van der Waals surface area contributed by atoms with E-state index in [1.165, 1.54) is 11.1 Å². The molecule has 0 aliphatic carbocycles. The maximum atomic E-state index is 6.16. The van der Waals surface area contributed by atoms with Crippen LogP contribution in [0.5, 0.6) is 17.2 Å². The van der Waals surface area contributed by atoms with Crippen molar-refractivity contribution in [3.63, 3.8) is 0 Å².